The normalized spacial score (nSPS) is 13.9. The maximum atomic E-state index is 14.6. The highest BCUT2D eigenvalue weighted by atomic mass is 19.1. The van der Waals surface area contributed by atoms with E-state index >= 15 is 0 Å². The zero-order chi connectivity index (χ0) is 22.7. The molecule has 3 aromatic rings. The number of rotatable bonds is 5. The number of fused-ring (bicyclic) bond motifs is 1. The van der Waals surface area contributed by atoms with Crippen molar-refractivity contribution in [1.29, 1.82) is 0 Å². The van der Waals surface area contributed by atoms with Gasteiger partial charge in [0.15, 0.2) is 0 Å². The van der Waals surface area contributed by atoms with Crippen LogP contribution in [0.25, 0.3) is 11.2 Å². The van der Waals surface area contributed by atoms with Crippen LogP contribution in [0.15, 0.2) is 55.0 Å². The van der Waals surface area contributed by atoms with Crippen molar-refractivity contribution >= 4 is 28.8 Å². The van der Waals surface area contributed by atoms with E-state index in [0.717, 1.165) is 22.3 Å². The number of halogens is 1. The molecule has 4 rings (SSSR count). The second-order valence-corrected chi connectivity index (χ2v) is 8.15. The van der Waals surface area contributed by atoms with Crippen LogP contribution >= 0.6 is 0 Å². The molecule has 7 nitrogen and oxygen atoms in total. The number of aromatic nitrogens is 2. The number of anilines is 1. The molecule has 1 aromatic carbocycles. The van der Waals surface area contributed by atoms with Gasteiger partial charge < -0.3 is 19.9 Å². The van der Waals surface area contributed by atoms with Gasteiger partial charge in [0.1, 0.15) is 11.5 Å². The van der Waals surface area contributed by atoms with Gasteiger partial charge in [-0.25, -0.2) is 14.2 Å². The zero-order valence-electron chi connectivity index (χ0n) is 18.1. The Morgan fingerprint density at radius 3 is 2.75 bits per heavy atom. The summed E-state index contributed by atoms with van der Waals surface area (Å²) in [6.45, 7) is 5.22. The minimum absolute atomic E-state index is 0.0347. The van der Waals surface area contributed by atoms with Crippen LogP contribution in [-0.4, -0.2) is 39.3 Å². The van der Waals surface area contributed by atoms with Crippen LogP contribution in [0, 0.1) is 11.7 Å². The molecule has 2 N–H and O–H groups in total. The Labute approximate surface area is 185 Å². The molecule has 1 aliphatic heterocycles. The highest BCUT2D eigenvalue weighted by Crippen LogP contribution is 2.26. The average Bonchev–Trinajstić information content (AvgIpc) is 3.26. The summed E-state index contributed by atoms with van der Waals surface area (Å²) in [7, 11) is 0. The first kappa shape index (κ1) is 21.5. The molecule has 0 saturated heterocycles. The van der Waals surface area contributed by atoms with Crippen molar-refractivity contribution in [2.24, 2.45) is 5.92 Å². The molecule has 166 valence electrons. The van der Waals surface area contributed by atoms with Gasteiger partial charge in [0.2, 0.25) is 5.91 Å². The molecule has 32 heavy (non-hydrogen) atoms. The second-order valence-electron chi connectivity index (χ2n) is 8.15. The number of pyridine rings is 1. The third-order valence-corrected chi connectivity index (χ3v) is 5.52. The van der Waals surface area contributed by atoms with E-state index in [1.165, 1.54) is 6.07 Å². The first-order valence-electron chi connectivity index (χ1n) is 10.6. The Hall–Kier alpha value is -3.68. The molecule has 0 spiro atoms. The molecule has 0 bridgehead atoms. The monoisotopic (exact) mass is 435 g/mol. The summed E-state index contributed by atoms with van der Waals surface area (Å²) in [5.74, 6) is -0.410. The van der Waals surface area contributed by atoms with E-state index in [2.05, 4.69) is 15.6 Å². The SMILES string of the molecule is CC(C)C(=O)N1CC=C(c2ccc(NC(=O)NCc3ccn4ccnc4c3)c(F)c2)CC1. The molecular formula is C24H26FN5O2. The predicted octanol–water partition coefficient (Wildman–Crippen LogP) is 4.07. The Kier molecular flexibility index (Phi) is 6.20. The van der Waals surface area contributed by atoms with Crippen LogP contribution in [0.1, 0.15) is 31.4 Å². The predicted molar refractivity (Wildman–Crippen MR) is 121 cm³/mol. The summed E-state index contributed by atoms with van der Waals surface area (Å²) >= 11 is 0. The molecule has 0 fully saturated rings. The number of carbonyl (C=O) groups is 2. The fraction of sp³-hybridized carbons (Fsp3) is 0.292. The van der Waals surface area contributed by atoms with Gasteiger partial charge in [-0.15, -0.1) is 0 Å². The van der Waals surface area contributed by atoms with Crippen molar-refractivity contribution in [1.82, 2.24) is 19.6 Å². The molecule has 1 aliphatic rings. The number of hydrogen-bond acceptors (Lipinski definition) is 3. The third kappa shape index (κ3) is 4.80. The molecule has 3 heterocycles. The first-order chi connectivity index (χ1) is 15.4. The minimum Gasteiger partial charge on any atom is -0.338 e. The molecular weight excluding hydrogens is 409 g/mol. The van der Waals surface area contributed by atoms with E-state index in [4.69, 9.17) is 0 Å². The van der Waals surface area contributed by atoms with Crippen molar-refractivity contribution in [2.75, 3.05) is 18.4 Å². The molecule has 8 heteroatoms. The van der Waals surface area contributed by atoms with Crippen LogP contribution < -0.4 is 10.6 Å². The van der Waals surface area contributed by atoms with Crippen LogP contribution in [0.3, 0.4) is 0 Å². The molecule has 0 atom stereocenters. The number of nitrogens with zero attached hydrogens (tertiary/aromatic N) is 3. The lowest BCUT2D eigenvalue weighted by Gasteiger charge is -2.28. The van der Waals surface area contributed by atoms with Crippen molar-refractivity contribution in [3.8, 4) is 0 Å². The Morgan fingerprint density at radius 2 is 2.03 bits per heavy atom. The minimum atomic E-state index is -0.502. The Bertz CT molecular complexity index is 1180. The average molecular weight is 436 g/mol. The van der Waals surface area contributed by atoms with Crippen molar-refractivity contribution in [3.05, 3.63) is 71.9 Å². The number of hydrogen-bond donors (Lipinski definition) is 2. The summed E-state index contributed by atoms with van der Waals surface area (Å²) in [6, 6.07) is 8.05. The van der Waals surface area contributed by atoms with Gasteiger partial charge in [-0.2, -0.15) is 0 Å². The lowest BCUT2D eigenvalue weighted by atomic mass is 9.98. The summed E-state index contributed by atoms with van der Waals surface area (Å²) < 4.78 is 16.5. The van der Waals surface area contributed by atoms with E-state index < -0.39 is 11.8 Å². The van der Waals surface area contributed by atoms with Crippen molar-refractivity contribution in [3.63, 3.8) is 0 Å². The maximum Gasteiger partial charge on any atom is 0.319 e. The van der Waals surface area contributed by atoms with Gasteiger partial charge in [0.05, 0.1) is 5.69 Å². The van der Waals surface area contributed by atoms with Crippen LogP contribution in [0.5, 0.6) is 0 Å². The molecule has 3 amide bonds. The van der Waals surface area contributed by atoms with Gasteiger partial charge >= 0.3 is 6.03 Å². The van der Waals surface area contributed by atoms with E-state index in [1.54, 1.807) is 18.3 Å². The quantitative estimate of drug-likeness (QED) is 0.634. The highest BCUT2D eigenvalue weighted by Gasteiger charge is 2.20. The van der Waals surface area contributed by atoms with E-state index in [1.807, 2.05) is 53.8 Å². The molecule has 0 saturated carbocycles. The largest absolute Gasteiger partial charge is 0.338 e. The fourth-order valence-corrected chi connectivity index (χ4v) is 3.72. The number of imidazole rings is 1. The summed E-state index contributed by atoms with van der Waals surface area (Å²) in [6.07, 6.45) is 8.06. The summed E-state index contributed by atoms with van der Waals surface area (Å²) in [5, 5.41) is 5.29. The maximum absolute atomic E-state index is 14.6. The van der Waals surface area contributed by atoms with Gasteiger partial charge in [0.25, 0.3) is 0 Å². The number of carbonyl (C=O) groups excluding carboxylic acids is 2. The number of amides is 3. The fourth-order valence-electron chi connectivity index (χ4n) is 3.72. The lowest BCUT2D eigenvalue weighted by molar-refractivity contribution is -0.134. The third-order valence-electron chi connectivity index (χ3n) is 5.52. The van der Waals surface area contributed by atoms with Crippen LogP contribution in [0.2, 0.25) is 0 Å². The Balaban J connectivity index is 1.34. The summed E-state index contributed by atoms with van der Waals surface area (Å²) in [5.41, 5.74) is 3.56. The standard InChI is InChI=1S/C24H26FN5O2/c1-16(2)23(31)30-10-6-18(7-11-30)19-3-4-21(20(25)14-19)28-24(32)27-15-17-5-9-29-12-8-26-22(29)13-17/h3-6,8-9,12-14,16H,7,10-11,15H2,1-2H3,(H2,27,28,32). The number of urea groups is 1. The number of nitrogens with one attached hydrogen (secondary N) is 2. The molecule has 0 aliphatic carbocycles. The second kappa shape index (κ2) is 9.21. The smallest absolute Gasteiger partial charge is 0.319 e. The topological polar surface area (TPSA) is 78.7 Å². The molecule has 0 unspecified atom stereocenters. The van der Waals surface area contributed by atoms with E-state index in [-0.39, 0.29) is 17.5 Å². The summed E-state index contributed by atoms with van der Waals surface area (Å²) in [4.78, 5) is 30.4. The lowest BCUT2D eigenvalue weighted by Crippen LogP contribution is -2.37. The molecule has 2 aromatic heterocycles. The van der Waals surface area contributed by atoms with Crippen molar-refractivity contribution in [2.45, 2.75) is 26.8 Å². The highest BCUT2D eigenvalue weighted by molar-refractivity contribution is 5.89. The van der Waals surface area contributed by atoms with E-state index in [9.17, 15) is 14.0 Å². The number of benzene rings is 1. The van der Waals surface area contributed by atoms with Gasteiger partial charge in [-0.05, 0) is 47.4 Å². The Morgan fingerprint density at radius 1 is 1.19 bits per heavy atom. The van der Waals surface area contributed by atoms with Gasteiger partial charge in [0, 0.05) is 44.1 Å². The first-order valence-corrected chi connectivity index (χ1v) is 10.6. The van der Waals surface area contributed by atoms with E-state index in [0.29, 0.717) is 26.1 Å². The zero-order valence-corrected chi connectivity index (χ0v) is 18.1. The van der Waals surface area contributed by atoms with Gasteiger partial charge in [-0.3, -0.25) is 4.79 Å². The molecule has 0 radical (unpaired) electrons. The van der Waals surface area contributed by atoms with Crippen LogP contribution in [-0.2, 0) is 11.3 Å². The van der Waals surface area contributed by atoms with Crippen molar-refractivity contribution < 1.29 is 14.0 Å². The van der Waals surface area contributed by atoms with Gasteiger partial charge in [-0.1, -0.05) is 26.0 Å². The van der Waals surface area contributed by atoms with Crippen LogP contribution in [0.4, 0.5) is 14.9 Å².